The molecule has 0 atom stereocenters. The summed E-state index contributed by atoms with van der Waals surface area (Å²) in [6, 6.07) is 0.124. The SMILES string of the molecule is Cc1cnc(C(=O)N2CC(n3cc(Cn4nccn4)nn3)C2)cn1. The summed E-state index contributed by atoms with van der Waals surface area (Å²) in [6.45, 7) is 3.47. The van der Waals surface area contributed by atoms with E-state index >= 15 is 0 Å². The molecule has 10 heteroatoms. The maximum absolute atomic E-state index is 12.3. The zero-order valence-electron chi connectivity index (χ0n) is 13.0. The van der Waals surface area contributed by atoms with Gasteiger partial charge in [0.05, 0.1) is 36.5 Å². The molecular weight excluding hydrogens is 310 g/mol. The lowest BCUT2D eigenvalue weighted by atomic mass is 10.1. The van der Waals surface area contributed by atoms with Crippen molar-refractivity contribution in [3.8, 4) is 0 Å². The molecule has 24 heavy (non-hydrogen) atoms. The minimum atomic E-state index is -0.111. The van der Waals surface area contributed by atoms with E-state index in [1.165, 1.54) is 6.20 Å². The number of aryl methyl sites for hydroxylation is 1. The first kappa shape index (κ1) is 14.4. The first-order valence-corrected chi connectivity index (χ1v) is 7.52. The molecule has 122 valence electrons. The van der Waals surface area contributed by atoms with E-state index in [-0.39, 0.29) is 11.9 Å². The van der Waals surface area contributed by atoms with E-state index in [9.17, 15) is 4.79 Å². The second-order valence-corrected chi connectivity index (χ2v) is 5.66. The van der Waals surface area contributed by atoms with Crippen molar-refractivity contribution < 1.29 is 4.79 Å². The van der Waals surface area contributed by atoms with Gasteiger partial charge in [0.1, 0.15) is 17.9 Å². The van der Waals surface area contributed by atoms with Crippen molar-refractivity contribution in [2.45, 2.75) is 19.5 Å². The highest BCUT2D eigenvalue weighted by Gasteiger charge is 2.34. The number of amides is 1. The average Bonchev–Trinajstić information content (AvgIpc) is 3.19. The topological polar surface area (TPSA) is 108 Å². The van der Waals surface area contributed by atoms with Gasteiger partial charge in [-0.25, -0.2) is 9.67 Å². The Morgan fingerprint density at radius 1 is 1.21 bits per heavy atom. The van der Waals surface area contributed by atoms with Gasteiger partial charge >= 0.3 is 0 Å². The van der Waals surface area contributed by atoms with Crippen LogP contribution in [0.25, 0.3) is 0 Å². The molecule has 0 saturated carbocycles. The van der Waals surface area contributed by atoms with Gasteiger partial charge in [-0.2, -0.15) is 15.0 Å². The number of carbonyl (C=O) groups is 1. The quantitative estimate of drug-likeness (QED) is 0.649. The van der Waals surface area contributed by atoms with Crippen molar-refractivity contribution in [1.29, 1.82) is 0 Å². The number of hydrogen-bond acceptors (Lipinski definition) is 7. The highest BCUT2D eigenvalue weighted by atomic mass is 16.2. The Morgan fingerprint density at radius 3 is 2.71 bits per heavy atom. The molecule has 3 aromatic heterocycles. The van der Waals surface area contributed by atoms with Gasteiger partial charge in [-0.05, 0) is 6.92 Å². The number of likely N-dealkylation sites (tertiary alicyclic amines) is 1. The summed E-state index contributed by atoms with van der Waals surface area (Å²) in [6.07, 6.45) is 8.20. The summed E-state index contributed by atoms with van der Waals surface area (Å²) < 4.78 is 1.78. The normalized spacial score (nSPS) is 14.6. The molecule has 3 aromatic rings. The number of aromatic nitrogens is 8. The fourth-order valence-corrected chi connectivity index (χ4v) is 2.49. The molecule has 1 amide bonds. The molecular formula is C14H15N9O. The van der Waals surface area contributed by atoms with Crippen LogP contribution in [0.4, 0.5) is 0 Å². The summed E-state index contributed by atoms with van der Waals surface area (Å²) in [5.41, 5.74) is 1.93. The lowest BCUT2D eigenvalue weighted by molar-refractivity contribution is 0.0492. The summed E-state index contributed by atoms with van der Waals surface area (Å²) in [5, 5.41) is 16.3. The Hall–Kier alpha value is -3.17. The smallest absolute Gasteiger partial charge is 0.274 e. The maximum atomic E-state index is 12.3. The van der Waals surface area contributed by atoms with E-state index in [1.807, 2.05) is 13.1 Å². The summed E-state index contributed by atoms with van der Waals surface area (Å²) >= 11 is 0. The van der Waals surface area contributed by atoms with Crippen LogP contribution < -0.4 is 0 Å². The molecule has 0 bridgehead atoms. The van der Waals surface area contributed by atoms with Crippen LogP contribution in [0.3, 0.4) is 0 Å². The van der Waals surface area contributed by atoms with Crippen LogP contribution in [0.1, 0.15) is 27.9 Å². The highest BCUT2D eigenvalue weighted by molar-refractivity contribution is 5.92. The molecule has 0 radical (unpaired) electrons. The molecule has 0 aliphatic carbocycles. The van der Waals surface area contributed by atoms with Gasteiger partial charge < -0.3 is 4.90 Å². The average molecular weight is 325 g/mol. The molecule has 1 saturated heterocycles. The lowest BCUT2D eigenvalue weighted by Crippen LogP contribution is -2.51. The van der Waals surface area contributed by atoms with Crippen LogP contribution in [0, 0.1) is 6.92 Å². The van der Waals surface area contributed by atoms with Gasteiger partial charge in [0.25, 0.3) is 5.91 Å². The predicted octanol–water partition coefficient (Wildman–Crippen LogP) is -0.287. The second-order valence-electron chi connectivity index (χ2n) is 5.66. The third-order valence-corrected chi connectivity index (χ3v) is 3.85. The Labute approximate surface area is 137 Å². The van der Waals surface area contributed by atoms with Crippen LogP contribution in [0.5, 0.6) is 0 Å². The fourth-order valence-electron chi connectivity index (χ4n) is 2.49. The van der Waals surface area contributed by atoms with Crippen LogP contribution >= 0.6 is 0 Å². The van der Waals surface area contributed by atoms with E-state index in [1.54, 1.807) is 33.0 Å². The predicted molar refractivity (Wildman–Crippen MR) is 80.9 cm³/mol. The Bertz CT molecular complexity index is 834. The van der Waals surface area contributed by atoms with E-state index in [2.05, 4.69) is 30.5 Å². The zero-order chi connectivity index (χ0) is 16.5. The van der Waals surface area contributed by atoms with Gasteiger partial charge in [-0.15, -0.1) is 5.10 Å². The Morgan fingerprint density at radius 2 is 2.00 bits per heavy atom. The number of hydrogen-bond donors (Lipinski definition) is 0. The second kappa shape index (κ2) is 5.80. The van der Waals surface area contributed by atoms with Gasteiger partial charge in [-0.1, -0.05) is 5.21 Å². The molecule has 0 unspecified atom stereocenters. The van der Waals surface area contributed by atoms with Crippen molar-refractivity contribution in [1.82, 2.24) is 44.9 Å². The third kappa shape index (κ3) is 2.73. The largest absolute Gasteiger partial charge is 0.333 e. The van der Waals surface area contributed by atoms with Gasteiger partial charge in [-0.3, -0.25) is 9.78 Å². The molecule has 1 aliphatic rings. The lowest BCUT2D eigenvalue weighted by Gasteiger charge is -2.38. The third-order valence-electron chi connectivity index (χ3n) is 3.85. The van der Waals surface area contributed by atoms with Crippen molar-refractivity contribution in [2.75, 3.05) is 13.1 Å². The van der Waals surface area contributed by atoms with Crippen LogP contribution in [-0.4, -0.2) is 63.9 Å². The van der Waals surface area contributed by atoms with Crippen molar-refractivity contribution in [3.05, 3.63) is 48.1 Å². The van der Waals surface area contributed by atoms with E-state index < -0.39 is 0 Å². The molecule has 0 spiro atoms. The summed E-state index contributed by atoms with van der Waals surface area (Å²) in [7, 11) is 0. The summed E-state index contributed by atoms with van der Waals surface area (Å²) in [5.74, 6) is -0.111. The van der Waals surface area contributed by atoms with Gasteiger partial charge in [0, 0.05) is 19.3 Å². The van der Waals surface area contributed by atoms with Crippen LogP contribution in [0.2, 0.25) is 0 Å². The molecule has 0 N–H and O–H groups in total. The molecule has 1 aliphatic heterocycles. The van der Waals surface area contributed by atoms with E-state index in [0.29, 0.717) is 25.3 Å². The van der Waals surface area contributed by atoms with E-state index in [0.717, 1.165) is 11.4 Å². The van der Waals surface area contributed by atoms with Crippen LogP contribution in [0.15, 0.2) is 31.0 Å². The van der Waals surface area contributed by atoms with Crippen LogP contribution in [-0.2, 0) is 6.54 Å². The number of rotatable bonds is 4. The van der Waals surface area contributed by atoms with Crippen molar-refractivity contribution in [2.24, 2.45) is 0 Å². The molecule has 10 nitrogen and oxygen atoms in total. The number of carbonyl (C=O) groups excluding carboxylic acids is 1. The Kier molecular flexibility index (Phi) is 3.48. The highest BCUT2D eigenvalue weighted by Crippen LogP contribution is 2.22. The maximum Gasteiger partial charge on any atom is 0.274 e. The van der Waals surface area contributed by atoms with Gasteiger partial charge in [0.2, 0.25) is 0 Å². The standard InChI is InChI=1S/C14H15N9O/c1-10-4-16-13(5-15-10)14(24)21-8-12(9-21)22-6-11(19-20-22)7-23-17-2-3-18-23/h2-6,12H,7-9H2,1H3. The fraction of sp³-hybridized carbons (Fsp3) is 0.357. The minimum absolute atomic E-state index is 0.111. The number of nitrogens with zero attached hydrogens (tertiary/aromatic N) is 9. The molecule has 4 heterocycles. The van der Waals surface area contributed by atoms with E-state index in [4.69, 9.17) is 0 Å². The minimum Gasteiger partial charge on any atom is -0.333 e. The Balaban J connectivity index is 1.36. The summed E-state index contributed by atoms with van der Waals surface area (Å²) in [4.78, 5) is 23.8. The van der Waals surface area contributed by atoms with Crippen molar-refractivity contribution >= 4 is 5.91 Å². The zero-order valence-corrected chi connectivity index (χ0v) is 13.0. The molecule has 0 aromatic carbocycles. The van der Waals surface area contributed by atoms with Gasteiger partial charge in [0.15, 0.2) is 0 Å². The first-order valence-electron chi connectivity index (χ1n) is 7.52. The molecule has 4 rings (SSSR count). The van der Waals surface area contributed by atoms with Crippen molar-refractivity contribution in [3.63, 3.8) is 0 Å². The monoisotopic (exact) mass is 325 g/mol. The first-order chi connectivity index (χ1) is 11.7. The molecule has 1 fully saturated rings.